The Balaban J connectivity index is 2.62. The van der Waals surface area contributed by atoms with E-state index in [1.807, 2.05) is 0 Å². The molecule has 0 bridgehead atoms. The van der Waals surface area contributed by atoms with Crippen LogP contribution < -0.4 is 0 Å². The second-order valence-electron chi connectivity index (χ2n) is 5.22. The molecule has 4 nitrogen and oxygen atoms in total. The molecule has 1 heterocycles. The zero-order chi connectivity index (χ0) is 12.9. The standard InChI is InChI=1S/C13H22N2O2/c1-11(2)4-7-15(3)12(16)13(10-14)5-8-17-9-6-13/h11H,4-9H2,1-3H3. The lowest BCUT2D eigenvalue weighted by Gasteiger charge is -2.33. The maximum atomic E-state index is 12.3. The highest BCUT2D eigenvalue weighted by Crippen LogP contribution is 2.31. The number of nitrogens with zero attached hydrogens (tertiary/aromatic N) is 2. The van der Waals surface area contributed by atoms with E-state index in [-0.39, 0.29) is 5.91 Å². The Kier molecular flexibility index (Phi) is 4.95. The molecule has 1 saturated heterocycles. The topological polar surface area (TPSA) is 53.3 Å². The fourth-order valence-electron chi connectivity index (χ4n) is 2.01. The summed E-state index contributed by atoms with van der Waals surface area (Å²) in [5.74, 6) is 0.530. The van der Waals surface area contributed by atoms with Crippen molar-refractivity contribution in [1.29, 1.82) is 5.26 Å². The molecule has 0 N–H and O–H groups in total. The fourth-order valence-corrected chi connectivity index (χ4v) is 2.01. The average Bonchev–Trinajstić information content (AvgIpc) is 2.35. The SMILES string of the molecule is CC(C)CCN(C)C(=O)C1(C#N)CCOCC1. The van der Waals surface area contributed by atoms with Gasteiger partial charge in [0.15, 0.2) is 0 Å². The lowest BCUT2D eigenvalue weighted by atomic mass is 9.80. The van der Waals surface area contributed by atoms with Gasteiger partial charge >= 0.3 is 0 Å². The Bertz CT molecular complexity index is 301. The number of hydrogen-bond donors (Lipinski definition) is 0. The Morgan fingerprint density at radius 2 is 2.06 bits per heavy atom. The quantitative estimate of drug-likeness (QED) is 0.750. The molecule has 1 aliphatic heterocycles. The minimum Gasteiger partial charge on any atom is -0.381 e. The normalized spacial score (nSPS) is 18.8. The zero-order valence-corrected chi connectivity index (χ0v) is 11.0. The third kappa shape index (κ3) is 3.44. The Morgan fingerprint density at radius 3 is 2.53 bits per heavy atom. The minimum atomic E-state index is -0.843. The van der Waals surface area contributed by atoms with Crippen molar-refractivity contribution in [2.45, 2.75) is 33.1 Å². The van der Waals surface area contributed by atoms with Gasteiger partial charge in [0.2, 0.25) is 5.91 Å². The molecule has 1 fully saturated rings. The van der Waals surface area contributed by atoms with Crippen LogP contribution in [0.2, 0.25) is 0 Å². The fraction of sp³-hybridized carbons (Fsp3) is 0.846. The molecule has 0 radical (unpaired) electrons. The number of amides is 1. The molecular weight excluding hydrogens is 216 g/mol. The van der Waals surface area contributed by atoms with E-state index in [9.17, 15) is 10.1 Å². The first-order valence-corrected chi connectivity index (χ1v) is 6.26. The zero-order valence-electron chi connectivity index (χ0n) is 11.0. The molecule has 0 saturated carbocycles. The Morgan fingerprint density at radius 1 is 1.47 bits per heavy atom. The van der Waals surface area contributed by atoms with Gasteiger partial charge in [0.25, 0.3) is 0 Å². The minimum absolute atomic E-state index is 0.0380. The predicted octanol–water partition coefficient (Wildman–Crippen LogP) is 1.81. The lowest BCUT2D eigenvalue weighted by molar-refractivity contribution is -0.142. The summed E-state index contributed by atoms with van der Waals surface area (Å²) in [5.41, 5.74) is -0.843. The van der Waals surface area contributed by atoms with Crippen LogP contribution in [0.25, 0.3) is 0 Å². The van der Waals surface area contributed by atoms with Crippen molar-refractivity contribution in [2.75, 3.05) is 26.8 Å². The van der Waals surface area contributed by atoms with E-state index in [1.54, 1.807) is 11.9 Å². The third-order valence-corrected chi connectivity index (χ3v) is 3.36. The van der Waals surface area contributed by atoms with Gasteiger partial charge in [-0.15, -0.1) is 0 Å². The summed E-state index contributed by atoms with van der Waals surface area (Å²) in [6, 6.07) is 2.21. The van der Waals surface area contributed by atoms with Gasteiger partial charge in [0.05, 0.1) is 6.07 Å². The van der Waals surface area contributed by atoms with Gasteiger partial charge in [-0.3, -0.25) is 4.79 Å². The van der Waals surface area contributed by atoms with Crippen molar-refractivity contribution in [3.8, 4) is 6.07 Å². The molecule has 1 rings (SSSR count). The highest BCUT2D eigenvalue weighted by molar-refractivity contribution is 5.85. The molecule has 0 unspecified atom stereocenters. The third-order valence-electron chi connectivity index (χ3n) is 3.36. The van der Waals surface area contributed by atoms with Crippen LogP contribution in [0, 0.1) is 22.7 Å². The van der Waals surface area contributed by atoms with Gasteiger partial charge in [0.1, 0.15) is 5.41 Å². The van der Waals surface area contributed by atoms with Crippen molar-refractivity contribution < 1.29 is 9.53 Å². The van der Waals surface area contributed by atoms with Crippen LogP contribution in [-0.2, 0) is 9.53 Å². The first kappa shape index (κ1) is 14.0. The van der Waals surface area contributed by atoms with Crippen molar-refractivity contribution in [3.63, 3.8) is 0 Å². The Hall–Kier alpha value is -1.08. The predicted molar refractivity (Wildman–Crippen MR) is 65.2 cm³/mol. The molecule has 1 amide bonds. The highest BCUT2D eigenvalue weighted by Gasteiger charge is 2.42. The van der Waals surface area contributed by atoms with Gasteiger partial charge in [-0.25, -0.2) is 0 Å². The smallest absolute Gasteiger partial charge is 0.242 e. The van der Waals surface area contributed by atoms with E-state index < -0.39 is 5.41 Å². The second-order valence-corrected chi connectivity index (χ2v) is 5.22. The summed E-state index contributed by atoms with van der Waals surface area (Å²) in [6.07, 6.45) is 2.02. The van der Waals surface area contributed by atoms with Crippen LogP contribution in [0.3, 0.4) is 0 Å². The lowest BCUT2D eigenvalue weighted by Crippen LogP contribution is -2.45. The number of carbonyl (C=O) groups is 1. The van der Waals surface area contributed by atoms with Crippen LogP contribution in [-0.4, -0.2) is 37.6 Å². The molecular formula is C13H22N2O2. The van der Waals surface area contributed by atoms with E-state index in [1.165, 1.54) is 0 Å². The number of hydrogen-bond acceptors (Lipinski definition) is 3. The first-order chi connectivity index (χ1) is 8.02. The molecule has 0 spiro atoms. The van der Waals surface area contributed by atoms with Gasteiger partial charge in [0, 0.05) is 26.8 Å². The summed E-state index contributed by atoms with van der Waals surface area (Å²) >= 11 is 0. The van der Waals surface area contributed by atoms with Crippen molar-refractivity contribution in [1.82, 2.24) is 4.90 Å². The number of carbonyl (C=O) groups excluding carboxylic acids is 1. The summed E-state index contributed by atoms with van der Waals surface area (Å²) in [5, 5.41) is 9.29. The van der Waals surface area contributed by atoms with Crippen molar-refractivity contribution >= 4 is 5.91 Å². The maximum absolute atomic E-state index is 12.3. The largest absolute Gasteiger partial charge is 0.381 e. The van der Waals surface area contributed by atoms with Crippen LogP contribution >= 0.6 is 0 Å². The molecule has 17 heavy (non-hydrogen) atoms. The van der Waals surface area contributed by atoms with E-state index in [2.05, 4.69) is 19.9 Å². The molecule has 0 aromatic heterocycles. The molecule has 0 aromatic rings. The van der Waals surface area contributed by atoms with E-state index in [0.29, 0.717) is 32.0 Å². The van der Waals surface area contributed by atoms with E-state index >= 15 is 0 Å². The van der Waals surface area contributed by atoms with Gasteiger partial charge in [-0.05, 0) is 25.2 Å². The van der Waals surface area contributed by atoms with Crippen molar-refractivity contribution in [2.24, 2.45) is 11.3 Å². The Labute approximate surface area is 104 Å². The molecule has 0 aliphatic carbocycles. The van der Waals surface area contributed by atoms with E-state index in [0.717, 1.165) is 13.0 Å². The van der Waals surface area contributed by atoms with Crippen LogP contribution in [0.4, 0.5) is 0 Å². The summed E-state index contributed by atoms with van der Waals surface area (Å²) in [4.78, 5) is 14.0. The van der Waals surface area contributed by atoms with Gasteiger partial charge in [-0.1, -0.05) is 13.8 Å². The summed E-state index contributed by atoms with van der Waals surface area (Å²) < 4.78 is 5.23. The van der Waals surface area contributed by atoms with Crippen LogP contribution in [0.1, 0.15) is 33.1 Å². The molecule has 96 valence electrons. The first-order valence-electron chi connectivity index (χ1n) is 6.26. The maximum Gasteiger partial charge on any atom is 0.242 e. The average molecular weight is 238 g/mol. The second kappa shape index (κ2) is 6.02. The van der Waals surface area contributed by atoms with Crippen molar-refractivity contribution in [3.05, 3.63) is 0 Å². The van der Waals surface area contributed by atoms with Gasteiger partial charge < -0.3 is 9.64 Å². The molecule has 4 heteroatoms. The summed E-state index contributed by atoms with van der Waals surface area (Å²) in [6.45, 7) is 6.01. The van der Waals surface area contributed by atoms with E-state index in [4.69, 9.17) is 4.74 Å². The summed E-state index contributed by atoms with van der Waals surface area (Å²) in [7, 11) is 1.79. The molecule has 0 aromatic carbocycles. The number of rotatable bonds is 4. The van der Waals surface area contributed by atoms with Crippen LogP contribution in [0.5, 0.6) is 0 Å². The highest BCUT2D eigenvalue weighted by atomic mass is 16.5. The number of ether oxygens (including phenoxy) is 1. The number of nitriles is 1. The molecule has 0 atom stereocenters. The van der Waals surface area contributed by atoms with Gasteiger partial charge in [-0.2, -0.15) is 5.26 Å². The monoisotopic (exact) mass is 238 g/mol. The molecule has 1 aliphatic rings. The van der Waals surface area contributed by atoms with Crippen LogP contribution in [0.15, 0.2) is 0 Å².